The van der Waals surface area contributed by atoms with E-state index in [0.717, 1.165) is 15.8 Å². The lowest BCUT2D eigenvalue weighted by Crippen LogP contribution is -2.14. The van der Waals surface area contributed by atoms with Crippen molar-refractivity contribution in [3.8, 4) is 11.3 Å². The molecule has 1 heterocycles. The molecule has 0 amide bonds. The van der Waals surface area contributed by atoms with E-state index in [2.05, 4.69) is 10.0 Å². The monoisotopic (exact) mass is 420 g/mol. The van der Waals surface area contributed by atoms with Gasteiger partial charge in [0.1, 0.15) is 0 Å². The Balaban J connectivity index is 2.05. The number of sulfonamides is 1. The number of benzene rings is 2. The molecule has 0 aliphatic rings. The number of nitrogens with zero attached hydrogens (tertiary/aromatic N) is 1. The van der Waals surface area contributed by atoms with Crippen molar-refractivity contribution in [3.63, 3.8) is 0 Å². The molecular weight excluding hydrogens is 398 g/mol. The molecule has 0 unspecified atom stereocenters. The SMILES string of the molecule is [2H]c1cc(CNC)ccc1-c1cccn1S(=O)(=O)c1cccc(NS(C)(=O)=O)c1. The van der Waals surface area contributed by atoms with E-state index in [-0.39, 0.29) is 16.6 Å². The van der Waals surface area contributed by atoms with Gasteiger partial charge in [0.05, 0.1) is 18.2 Å². The van der Waals surface area contributed by atoms with Crippen LogP contribution in [0.25, 0.3) is 11.3 Å². The highest BCUT2D eigenvalue weighted by atomic mass is 32.2. The summed E-state index contributed by atoms with van der Waals surface area (Å²) in [6.45, 7) is 0.603. The van der Waals surface area contributed by atoms with Gasteiger partial charge in [-0.2, -0.15) is 0 Å². The van der Waals surface area contributed by atoms with Crippen molar-refractivity contribution >= 4 is 25.7 Å². The van der Waals surface area contributed by atoms with E-state index in [1.807, 2.05) is 13.1 Å². The Morgan fingerprint density at radius 3 is 2.50 bits per heavy atom. The molecule has 0 fully saturated rings. The van der Waals surface area contributed by atoms with Gasteiger partial charge in [-0.15, -0.1) is 0 Å². The van der Waals surface area contributed by atoms with Gasteiger partial charge in [-0.1, -0.05) is 30.3 Å². The summed E-state index contributed by atoms with van der Waals surface area (Å²) in [6, 6.07) is 14.3. The third-order valence-corrected chi connectivity index (χ3v) is 6.23. The second-order valence-electron chi connectivity index (χ2n) is 6.24. The van der Waals surface area contributed by atoms with Crippen LogP contribution in [0.2, 0.25) is 0 Å². The molecule has 0 aliphatic heterocycles. The Kier molecular flexibility index (Phi) is 5.21. The van der Waals surface area contributed by atoms with Crippen LogP contribution in [-0.2, 0) is 26.6 Å². The van der Waals surface area contributed by atoms with Crippen LogP contribution in [0.1, 0.15) is 6.93 Å². The molecule has 0 saturated heterocycles. The number of anilines is 1. The van der Waals surface area contributed by atoms with Gasteiger partial charge in [0.15, 0.2) is 0 Å². The second-order valence-corrected chi connectivity index (χ2v) is 9.80. The molecule has 2 aromatic carbocycles. The van der Waals surface area contributed by atoms with E-state index in [1.165, 1.54) is 30.5 Å². The summed E-state index contributed by atoms with van der Waals surface area (Å²) in [7, 11) is -5.74. The summed E-state index contributed by atoms with van der Waals surface area (Å²) in [5.41, 5.74) is 1.90. The van der Waals surface area contributed by atoms with Crippen molar-refractivity contribution in [1.82, 2.24) is 9.29 Å². The highest BCUT2D eigenvalue weighted by Crippen LogP contribution is 2.26. The van der Waals surface area contributed by atoms with Gasteiger partial charge in [-0.05, 0) is 48.5 Å². The number of aromatic nitrogens is 1. The second kappa shape index (κ2) is 7.78. The van der Waals surface area contributed by atoms with Crippen molar-refractivity contribution in [3.05, 3.63) is 72.4 Å². The van der Waals surface area contributed by atoms with Gasteiger partial charge < -0.3 is 5.32 Å². The summed E-state index contributed by atoms with van der Waals surface area (Å²) in [5, 5.41) is 3.01. The fourth-order valence-electron chi connectivity index (χ4n) is 2.76. The van der Waals surface area contributed by atoms with Crippen LogP contribution < -0.4 is 10.0 Å². The van der Waals surface area contributed by atoms with Crippen LogP contribution in [-0.4, -0.2) is 34.1 Å². The summed E-state index contributed by atoms with van der Waals surface area (Å²) < 4.78 is 61.0. The molecule has 0 aliphatic carbocycles. The number of hydrogen-bond donors (Lipinski definition) is 2. The van der Waals surface area contributed by atoms with E-state index in [1.54, 1.807) is 24.3 Å². The third-order valence-electron chi connectivity index (χ3n) is 3.94. The molecule has 3 rings (SSSR count). The first-order chi connectivity index (χ1) is 13.6. The molecule has 1 aromatic heterocycles. The Morgan fingerprint density at radius 2 is 1.82 bits per heavy atom. The van der Waals surface area contributed by atoms with E-state index in [9.17, 15) is 16.8 Å². The molecule has 148 valence electrons. The van der Waals surface area contributed by atoms with E-state index < -0.39 is 20.0 Å². The first-order valence-corrected chi connectivity index (χ1v) is 11.7. The lowest BCUT2D eigenvalue weighted by molar-refractivity contribution is 0.587. The zero-order chi connectivity index (χ0) is 21.2. The molecule has 9 heteroatoms. The van der Waals surface area contributed by atoms with Gasteiger partial charge >= 0.3 is 0 Å². The van der Waals surface area contributed by atoms with Crippen molar-refractivity contribution in [2.24, 2.45) is 0 Å². The Bertz CT molecular complexity index is 1250. The first kappa shape index (κ1) is 18.7. The molecule has 0 saturated carbocycles. The summed E-state index contributed by atoms with van der Waals surface area (Å²) in [5.74, 6) is 0. The average Bonchev–Trinajstić information content (AvgIpc) is 3.11. The largest absolute Gasteiger partial charge is 0.316 e. The van der Waals surface area contributed by atoms with Crippen LogP contribution in [0, 0.1) is 0 Å². The molecule has 0 bridgehead atoms. The van der Waals surface area contributed by atoms with E-state index in [4.69, 9.17) is 1.37 Å². The molecule has 0 spiro atoms. The van der Waals surface area contributed by atoms with Gasteiger partial charge in [-0.25, -0.2) is 20.8 Å². The van der Waals surface area contributed by atoms with Gasteiger partial charge in [0, 0.05) is 18.4 Å². The maximum atomic E-state index is 13.2. The maximum Gasteiger partial charge on any atom is 0.268 e. The zero-order valence-corrected chi connectivity index (χ0v) is 17.0. The topological polar surface area (TPSA) is 97.3 Å². The minimum Gasteiger partial charge on any atom is -0.316 e. The summed E-state index contributed by atoms with van der Waals surface area (Å²) in [6.07, 6.45) is 2.40. The predicted molar refractivity (Wildman–Crippen MR) is 110 cm³/mol. The fourth-order valence-corrected chi connectivity index (χ4v) is 4.72. The van der Waals surface area contributed by atoms with Crippen LogP contribution >= 0.6 is 0 Å². The molecule has 0 radical (unpaired) electrons. The van der Waals surface area contributed by atoms with E-state index >= 15 is 0 Å². The highest BCUT2D eigenvalue weighted by Gasteiger charge is 2.20. The Morgan fingerprint density at radius 1 is 1.04 bits per heavy atom. The molecule has 3 aromatic rings. The number of rotatable bonds is 7. The summed E-state index contributed by atoms with van der Waals surface area (Å²) >= 11 is 0. The highest BCUT2D eigenvalue weighted by molar-refractivity contribution is 7.92. The fraction of sp³-hybridized carbons (Fsp3) is 0.158. The van der Waals surface area contributed by atoms with Crippen LogP contribution in [0.3, 0.4) is 0 Å². The zero-order valence-electron chi connectivity index (χ0n) is 16.4. The van der Waals surface area contributed by atoms with Crippen molar-refractivity contribution in [2.75, 3.05) is 18.0 Å². The Hall–Kier alpha value is -2.62. The number of hydrogen-bond acceptors (Lipinski definition) is 5. The van der Waals surface area contributed by atoms with Gasteiger partial charge in [0.2, 0.25) is 10.0 Å². The lowest BCUT2D eigenvalue weighted by atomic mass is 10.1. The van der Waals surface area contributed by atoms with Crippen LogP contribution in [0.5, 0.6) is 0 Å². The average molecular weight is 421 g/mol. The first-order valence-electron chi connectivity index (χ1n) is 8.87. The quantitative estimate of drug-likeness (QED) is 0.612. The van der Waals surface area contributed by atoms with Crippen molar-refractivity contribution < 1.29 is 18.2 Å². The number of nitrogens with one attached hydrogen (secondary N) is 2. The van der Waals surface area contributed by atoms with Crippen LogP contribution in [0.15, 0.2) is 71.7 Å². The van der Waals surface area contributed by atoms with Crippen LogP contribution in [0.4, 0.5) is 5.69 Å². The molecular formula is C19H21N3O4S2. The van der Waals surface area contributed by atoms with Crippen molar-refractivity contribution in [2.45, 2.75) is 11.4 Å². The maximum absolute atomic E-state index is 13.2. The molecule has 2 N–H and O–H groups in total. The predicted octanol–water partition coefficient (Wildman–Crippen LogP) is 2.48. The third kappa shape index (κ3) is 4.44. The minimum absolute atomic E-state index is 0.0677. The minimum atomic E-state index is -4.00. The Labute approximate surface area is 166 Å². The van der Waals surface area contributed by atoms with Gasteiger partial charge in [0.25, 0.3) is 10.0 Å². The molecule has 7 nitrogen and oxygen atoms in total. The smallest absolute Gasteiger partial charge is 0.268 e. The van der Waals surface area contributed by atoms with E-state index in [0.29, 0.717) is 17.8 Å². The van der Waals surface area contributed by atoms with Gasteiger partial charge in [-0.3, -0.25) is 4.72 Å². The normalized spacial score (nSPS) is 12.6. The molecule has 0 atom stereocenters. The molecule has 28 heavy (non-hydrogen) atoms. The standard InChI is InChI=1S/C19H21N3O4S2/c1-20-14-15-8-10-16(11-9-15)19-7-4-12-22(19)28(25,26)18-6-3-5-17(13-18)21-27(2,23)24/h3-13,20-21H,14H2,1-2H3/i10D. The van der Waals surface area contributed by atoms with Crippen molar-refractivity contribution in [1.29, 1.82) is 0 Å². The lowest BCUT2D eigenvalue weighted by Gasteiger charge is -2.12. The summed E-state index contributed by atoms with van der Waals surface area (Å²) in [4.78, 5) is -0.0677.